The van der Waals surface area contributed by atoms with Crippen LogP contribution in [0.25, 0.3) is 11.3 Å². The third-order valence-electron chi connectivity index (χ3n) is 5.85. The Labute approximate surface area is 165 Å². The number of H-pyrrole nitrogens is 1. The third kappa shape index (κ3) is 3.68. The summed E-state index contributed by atoms with van der Waals surface area (Å²) in [5, 5.41) is 17.0. The fourth-order valence-electron chi connectivity index (χ4n) is 4.00. The Morgan fingerprint density at radius 1 is 1.14 bits per heavy atom. The Hall–Kier alpha value is -2.64. The maximum absolute atomic E-state index is 11.4. The number of likely N-dealkylation sites (N-methyl/N-ethyl adjacent to an activating group) is 2. The van der Waals surface area contributed by atoms with E-state index in [1.54, 1.807) is 6.08 Å². The van der Waals surface area contributed by atoms with Crippen LogP contribution in [0.5, 0.6) is 0 Å². The Bertz CT molecular complexity index is 852. The summed E-state index contributed by atoms with van der Waals surface area (Å²) in [4.78, 5) is 18.1. The van der Waals surface area contributed by atoms with Crippen molar-refractivity contribution in [3.8, 4) is 11.3 Å². The van der Waals surface area contributed by atoms with Crippen molar-refractivity contribution in [1.82, 2.24) is 20.0 Å². The van der Waals surface area contributed by atoms with Gasteiger partial charge in [0.05, 0.1) is 17.4 Å². The minimum absolute atomic E-state index is 0.0167. The normalized spacial score (nSPS) is 23.9. The second-order valence-electron chi connectivity index (χ2n) is 7.67. The standard InChI is InChI=1S/C21H27N5O2/c1-24-10-12-26(13-11-24)16-8-6-15(7-9-16)17-14-18(23-22-17)19-4-3-5-20(21(27)28)25(19)2/h3,5-9,14,19-20H,4,10-13H2,1-2H3,(H,22,23)(H,27,28). The molecule has 1 aromatic carbocycles. The van der Waals surface area contributed by atoms with Crippen molar-refractivity contribution in [2.45, 2.75) is 18.5 Å². The average molecular weight is 381 g/mol. The van der Waals surface area contributed by atoms with E-state index in [1.807, 2.05) is 24.1 Å². The summed E-state index contributed by atoms with van der Waals surface area (Å²) in [6.45, 7) is 4.28. The predicted molar refractivity (Wildman–Crippen MR) is 109 cm³/mol. The Morgan fingerprint density at radius 2 is 1.86 bits per heavy atom. The number of carboxylic acid groups (broad SMARTS) is 1. The van der Waals surface area contributed by atoms with Gasteiger partial charge in [0.15, 0.2) is 0 Å². The van der Waals surface area contributed by atoms with E-state index < -0.39 is 12.0 Å². The minimum Gasteiger partial charge on any atom is -0.480 e. The summed E-state index contributed by atoms with van der Waals surface area (Å²) in [6, 6.07) is 9.95. The first-order chi connectivity index (χ1) is 13.5. The Balaban J connectivity index is 1.48. The van der Waals surface area contributed by atoms with Crippen LogP contribution in [0.2, 0.25) is 0 Å². The van der Waals surface area contributed by atoms with E-state index >= 15 is 0 Å². The summed E-state index contributed by atoms with van der Waals surface area (Å²) >= 11 is 0. The van der Waals surface area contributed by atoms with Gasteiger partial charge in [0, 0.05) is 37.4 Å². The van der Waals surface area contributed by atoms with Crippen LogP contribution in [0.1, 0.15) is 18.2 Å². The van der Waals surface area contributed by atoms with Crippen LogP contribution in [-0.4, -0.2) is 77.4 Å². The van der Waals surface area contributed by atoms with Gasteiger partial charge in [-0.2, -0.15) is 5.10 Å². The van der Waals surface area contributed by atoms with Gasteiger partial charge in [-0.25, -0.2) is 0 Å². The molecule has 0 aliphatic carbocycles. The lowest BCUT2D eigenvalue weighted by Crippen LogP contribution is -2.44. The van der Waals surface area contributed by atoms with Crippen LogP contribution in [0.15, 0.2) is 42.5 Å². The van der Waals surface area contributed by atoms with E-state index in [0.29, 0.717) is 0 Å². The van der Waals surface area contributed by atoms with Crippen molar-refractivity contribution in [1.29, 1.82) is 0 Å². The number of hydrogen-bond donors (Lipinski definition) is 2. The molecule has 1 aromatic heterocycles. The average Bonchev–Trinajstić information content (AvgIpc) is 3.18. The van der Waals surface area contributed by atoms with E-state index in [9.17, 15) is 9.90 Å². The number of aliphatic carboxylic acids is 1. The number of nitrogens with one attached hydrogen (secondary N) is 1. The van der Waals surface area contributed by atoms with Gasteiger partial charge in [-0.1, -0.05) is 24.3 Å². The number of anilines is 1. The van der Waals surface area contributed by atoms with E-state index in [2.05, 4.69) is 51.3 Å². The summed E-state index contributed by atoms with van der Waals surface area (Å²) < 4.78 is 0. The molecule has 7 heteroatoms. The van der Waals surface area contributed by atoms with Gasteiger partial charge in [0.2, 0.25) is 0 Å². The molecule has 2 N–H and O–H groups in total. The molecule has 4 rings (SSSR count). The molecule has 28 heavy (non-hydrogen) atoms. The summed E-state index contributed by atoms with van der Waals surface area (Å²) in [6.07, 6.45) is 4.45. The molecule has 0 bridgehead atoms. The molecule has 2 aromatic rings. The van der Waals surface area contributed by atoms with Crippen LogP contribution in [0, 0.1) is 0 Å². The molecule has 2 unspecified atom stereocenters. The highest BCUT2D eigenvalue weighted by atomic mass is 16.4. The lowest BCUT2D eigenvalue weighted by molar-refractivity contribution is -0.142. The van der Waals surface area contributed by atoms with Gasteiger partial charge in [0.1, 0.15) is 6.04 Å². The van der Waals surface area contributed by atoms with Crippen LogP contribution >= 0.6 is 0 Å². The molecule has 1 fully saturated rings. The van der Waals surface area contributed by atoms with Gasteiger partial charge >= 0.3 is 5.97 Å². The molecule has 0 amide bonds. The zero-order valence-electron chi connectivity index (χ0n) is 16.4. The van der Waals surface area contributed by atoms with Gasteiger partial charge in [-0.3, -0.25) is 14.8 Å². The van der Waals surface area contributed by atoms with Crippen LogP contribution < -0.4 is 4.90 Å². The molecular weight excluding hydrogens is 354 g/mol. The molecule has 7 nitrogen and oxygen atoms in total. The predicted octanol–water partition coefficient (Wildman–Crippen LogP) is 2.21. The molecule has 1 saturated heterocycles. The lowest BCUT2D eigenvalue weighted by Gasteiger charge is -2.34. The summed E-state index contributed by atoms with van der Waals surface area (Å²) in [5.41, 5.74) is 4.13. The zero-order valence-corrected chi connectivity index (χ0v) is 16.4. The number of aromatic nitrogens is 2. The largest absolute Gasteiger partial charge is 0.480 e. The highest BCUT2D eigenvalue weighted by Gasteiger charge is 2.31. The first kappa shape index (κ1) is 18.7. The molecule has 2 aliphatic heterocycles. The van der Waals surface area contributed by atoms with Gasteiger partial charge in [0.25, 0.3) is 0 Å². The number of rotatable bonds is 4. The number of hydrogen-bond acceptors (Lipinski definition) is 5. The molecule has 0 spiro atoms. The molecule has 2 aliphatic rings. The van der Waals surface area contributed by atoms with Crippen molar-refractivity contribution in [3.63, 3.8) is 0 Å². The Kier molecular flexibility index (Phi) is 5.19. The van der Waals surface area contributed by atoms with Crippen molar-refractivity contribution in [2.75, 3.05) is 45.2 Å². The Morgan fingerprint density at radius 3 is 2.54 bits per heavy atom. The SMILES string of the molecule is CN1CCN(c2ccc(-c3cc(C4CC=CC(C(=O)O)N4C)[nH]n3)cc2)CC1. The number of carboxylic acids is 1. The van der Waals surface area contributed by atoms with E-state index in [4.69, 9.17) is 0 Å². The summed E-state index contributed by atoms with van der Waals surface area (Å²) in [7, 11) is 4.01. The number of carbonyl (C=O) groups is 1. The first-order valence-electron chi connectivity index (χ1n) is 9.73. The molecule has 2 atom stereocenters. The molecule has 0 saturated carbocycles. The zero-order chi connectivity index (χ0) is 19.7. The quantitative estimate of drug-likeness (QED) is 0.791. The number of benzene rings is 1. The third-order valence-corrected chi connectivity index (χ3v) is 5.85. The van der Waals surface area contributed by atoms with E-state index in [0.717, 1.165) is 49.6 Å². The second-order valence-corrected chi connectivity index (χ2v) is 7.67. The van der Waals surface area contributed by atoms with Crippen molar-refractivity contribution < 1.29 is 9.90 Å². The minimum atomic E-state index is -0.831. The summed E-state index contributed by atoms with van der Waals surface area (Å²) in [5.74, 6) is -0.831. The van der Waals surface area contributed by atoms with Crippen molar-refractivity contribution in [3.05, 3.63) is 48.2 Å². The molecule has 0 radical (unpaired) electrons. The smallest absolute Gasteiger partial charge is 0.324 e. The number of piperazine rings is 1. The molecule has 148 valence electrons. The van der Waals surface area contributed by atoms with Crippen LogP contribution in [-0.2, 0) is 4.79 Å². The highest BCUT2D eigenvalue weighted by Crippen LogP contribution is 2.31. The first-order valence-corrected chi connectivity index (χ1v) is 9.73. The molecule has 3 heterocycles. The fraction of sp³-hybridized carbons (Fsp3) is 0.429. The second kappa shape index (κ2) is 7.77. The topological polar surface area (TPSA) is 75.7 Å². The van der Waals surface area contributed by atoms with E-state index in [-0.39, 0.29) is 6.04 Å². The van der Waals surface area contributed by atoms with Gasteiger partial charge < -0.3 is 14.9 Å². The molecular formula is C21H27N5O2. The van der Waals surface area contributed by atoms with E-state index in [1.165, 1.54) is 5.69 Å². The number of aromatic amines is 1. The van der Waals surface area contributed by atoms with Crippen molar-refractivity contribution >= 4 is 11.7 Å². The lowest BCUT2D eigenvalue weighted by atomic mass is 10.00. The van der Waals surface area contributed by atoms with Crippen LogP contribution in [0.3, 0.4) is 0 Å². The van der Waals surface area contributed by atoms with Crippen molar-refractivity contribution in [2.24, 2.45) is 0 Å². The maximum atomic E-state index is 11.4. The highest BCUT2D eigenvalue weighted by molar-refractivity contribution is 5.76. The maximum Gasteiger partial charge on any atom is 0.324 e. The van der Waals surface area contributed by atoms with Gasteiger partial charge in [-0.15, -0.1) is 0 Å². The van der Waals surface area contributed by atoms with Crippen LogP contribution in [0.4, 0.5) is 5.69 Å². The van der Waals surface area contributed by atoms with Gasteiger partial charge in [-0.05, 0) is 38.7 Å². The fourth-order valence-corrected chi connectivity index (χ4v) is 4.00. The monoisotopic (exact) mass is 381 g/mol. The number of nitrogens with zero attached hydrogens (tertiary/aromatic N) is 4.